The molecule has 32 heavy (non-hydrogen) atoms. The van der Waals surface area contributed by atoms with Gasteiger partial charge < -0.3 is 9.84 Å². The van der Waals surface area contributed by atoms with E-state index in [2.05, 4.69) is 15.5 Å². The van der Waals surface area contributed by atoms with Crippen LogP contribution in [0, 0.1) is 19.8 Å². The van der Waals surface area contributed by atoms with Crippen molar-refractivity contribution >= 4 is 45.2 Å². The standard InChI is InChI=1S/C22H24N4O4S2/c1-15-7-10-20(23-13-15)24-22(27)17-5-3-11-26(14-17)32(28,29)21-16(2)25-30-19(21)9-8-18-6-4-12-31-18/h4,6-10,12-13,17H,3,5,11,14H2,1-2H3,(H,23,24,27)/b9-8+. The molecular formula is C22H24N4O4S2. The van der Waals surface area contributed by atoms with Crippen LogP contribution in [0.5, 0.6) is 0 Å². The van der Waals surface area contributed by atoms with Gasteiger partial charge in [0.2, 0.25) is 15.9 Å². The van der Waals surface area contributed by atoms with Gasteiger partial charge in [-0.15, -0.1) is 11.3 Å². The van der Waals surface area contributed by atoms with E-state index in [0.717, 1.165) is 10.4 Å². The Bertz CT molecular complexity index is 1220. The lowest BCUT2D eigenvalue weighted by molar-refractivity contribution is -0.120. The molecule has 10 heteroatoms. The molecule has 1 unspecified atom stereocenters. The van der Waals surface area contributed by atoms with Crippen molar-refractivity contribution < 1.29 is 17.7 Å². The van der Waals surface area contributed by atoms with Crippen LogP contribution in [-0.4, -0.2) is 41.9 Å². The van der Waals surface area contributed by atoms with Crippen molar-refractivity contribution in [3.05, 3.63) is 57.7 Å². The SMILES string of the molecule is Cc1ccc(NC(=O)C2CCCN(S(=O)(=O)c3c(C)noc3/C=C/c3cccs3)C2)nc1. The van der Waals surface area contributed by atoms with Crippen molar-refractivity contribution in [3.63, 3.8) is 0 Å². The summed E-state index contributed by atoms with van der Waals surface area (Å²) in [5.41, 5.74) is 1.29. The molecule has 4 rings (SSSR count). The molecule has 1 N–H and O–H groups in total. The van der Waals surface area contributed by atoms with Crippen LogP contribution in [0.1, 0.15) is 34.7 Å². The first-order valence-electron chi connectivity index (χ1n) is 10.3. The summed E-state index contributed by atoms with van der Waals surface area (Å²) in [6.45, 7) is 3.96. The number of sulfonamides is 1. The Kier molecular flexibility index (Phi) is 6.54. The summed E-state index contributed by atoms with van der Waals surface area (Å²) in [6, 6.07) is 7.44. The molecule has 0 saturated carbocycles. The average molecular weight is 473 g/mol. The number of carbonyl (C=O) groups is 1. The topological polar surface area (TPSA) is 105 Å². The molecule has 0 bridgehead atoms. The number of rotatable bonds is 6. The highest BCUT2D eigenvalue weighted by Crippen LogP contribution is 2.30. The third kappa shape index (κ3) is 4.82. The minimum Gasteiger partial charge on any atom is -0.355 e. The van der Waals surface area contributed by atoms with E-state index in [-0.39, 0.29) is 23.1 Å². The third-order valence-corrected chi connectivity index (χ3v) is 8.15. The average Bonchev–Trinajstić information content (AvgIpc) is 3.43. The largest absolute Gasteiger partial charge is 0.355 e. The van der Waals surface area contributed by atoms with E-state index in [1.54, 1.807) is 31.3 Å². The number of anilines is 1. The summed E-state index contributed by atoms with van der Waals surface area (Å²) in [5.74, 6) is -0.0594. The van der Waals surface area contributed by atoms with E-state index in [1.165, 1.54) is 15.6 Å². The molecule has 1 atom stereocenters. The van der Waals surface area contributed by atoms with Crippen LogP contribution in [0.3, 0.4) is 0 Å². The minimum atomic E-state index is -3.88. The number of hydrogen-bond acceptors (Lipinski definition) is 7. The molecule has 3 aromatic rings. The molecule has 1 fully saturated rings. The van der Waals surface area contributed by atoms with Gasteiger partial charge in [-0.1, -0.05) is 17.3 Å². The fourth-order valence-corrected chi connectivity index (χ4v) is 6.01. The number of pyridine rings is 1. The minimum absolute atomic E-state index is 0.0477. The van der Waals surface area contributed by atoms with Gasteiger partial charge in [-0.25, -0.2) is 13.4 Å². The normalized spacial score (nSPS) is 17.6. The summed E-state index contributed by atoms with van der Waals surface area (Å²) in [4.78, 5) is 18.0. The van der Waals surface area contributed by atoms with Crippen LogP contribution in [0.15, 0.2) is 45.3 Å². The van der Waals surface area contributed by atoms with E-state index in [0.29, 0.717) is 30.9 Å². The molecule has 0 radical (unpaired) electrons. The smallest absolute Gasteiger partial charge is 0.248 e. The number of hydrogen-bond donors (Lipinski definition) is 1. The molecule has 1 amide bonds. The summed E-state index contributed by atoms with van der Waals surface area (Å²) in [7, 11) is -3.88. The second kappa shape index (κ2) is 9.35. The van der Waals surface area contributed by atoms with Crippen LogP contribution < -0.4 is 5.32 Å². The lowest BCUT2D eigenvalue weighted by atomic mass is 9.99. The van der Waals surface area contributed by atoms with Crippen LogP contribution in [0.4, 0.5) is 5.82 Å². The maximum absolute atomic E-state index is 13.5. The van der Waals surface area contributed by atoms with Gasteiger partial charge in [0.1, 0.15) is 11.5 Å². The highest BCUT2D eigenvalue weighted by molar-refractivity contribution is 7.89. The maximum atomic E-state index is 13.5. The molecule has 1 aliphatic heterocycles. The van der Waals surface area contributed by atoms with Crippen LogP contribution >= 0.6 is 11.3 Å². The zero-order valence-electron chi connectivity index (χ0n) is 17.8. The molecule has 4 heterocycles. The summed E-state index contributed by atoms with van der Waals surface area (Å²) < 4.78 is 33.6. The molecule has 1 saturated heterocycles. The second-order valence-corrected chi connectivity index (χ2v) is 10.6. The van der Waals surface area contributed by atoms with Gasteiger partial charge in [0.05, 0.1) is 5.92 Å². The Morgan fingerprint density at radius 3 is 2.84 bits per heavy atom. The van der Waals surface area contributed by atoms with E-state index < -0.39 is 15.9 Å². The van der Waals surface area contributed by atoms with Crippen LogP contribution in [-0.2, 0) is 14.8 Å². The van der Waals surface area contributed by atoms with Crippen molar-refractivity contribution in [1.82, 2.24) is 14.4 Å². The van der Waals surface area contributed by atoms with Gasteiger partial charge in [-0.2, -0.15) is 4.31 Å². The number of aromatic nitrogens is 2. The molecular weight excluding hydrogens is 448 g/mol. The van der Waals surface area contributed by atoms with Crippen molar-refractivity contribution in [1.29, 1.82) is 0 Å². The van der Waals surface area contributed by atoms with E-state index >= 15 is 0 Å². The Morgan fingerprint density at radius 2 is 2.12 bits per heavy atom. The first-order chi connectivity index (χ1) is 15.3. The van der Waals surface area contributed by atoms with Crippen LogP contribution in [0.25, 0.3) is 12.2 Å². The number of nitrogens with one attached hydrogen (secondary N) is 1. The van der Waals surface area contributed by atoms with Gasteiger partial charge >= 0.3 is 0 Å². The second-order valence-electron chi connectivity index (χ2n) is 7.72. The fourth-order valence-electron chi connectivity index (χ4n) is 3.62. The molecule has 0 spiro atoms. The monoisotopic (exact) mass is 472 g/mol. The van der Waals surface area contributed by atoms with Crippen molar-refractivity contribution in [2.24, 2.45) is 5.92 Å². The summed E-state index contributed by atoms with van der Waals surface area (Å²) in [6.07, 6.45) is 6.29. The van der Waals surface area contributed by atoms with Gasteiger partial charge in [-0.3, -0.25) is 4.79 Å². The Morgan fingerprint density at radius 1 is 1.28 bits per heavy atom. The fraction of sp³-hybridized carbons (Fsp3) is 0.318. The molecule has 0 aliphatic carbocycles. The summed E-state index contributed by atoms with van der Waals surface area (Å²) in [5, 5.41) is 8.61. The highest BCUT2D eigenvalue weighted by Gasteiger charge is 2.37. The molecule has 168 valence electrons. The Balaban J connectivity index is 1.52. The molecule has 8 nitrogen and oxygen atoms in total. The first-order valence-corrected chi connectivity index (χ1v) is 12.6. The predicted octanol–water partition coefficient (Wildman–Crippen LogP) is 3.96. The molecule has 3 aromatic heterocycles. The molecule has 1 aliphatic rings. The van der Waals surface area contributed by atoms with Gasteiger partial charge in [0.25, 0.3) is 0 Å². The highest BCUT2D eigenvalue weighted by atomic mass is 32.2. The number of amides is 1. The Hall–Kier alpha value is -2.82. The number of thiophene rings is 1. The van der Waals surface area contributed by atoms with Gasteiger partial charge in [0, 0.05) is 24.2 Å². The van der Waals surface area contributed by atoms with Crippen molar-refractivity contribution in [2.45, 2.75) is 31.6 Å². The van der Waals surface area contributed by atoms with E-state index in [4.69, 9.17) is 4.52 Å². The third-order valence-electron chi connectivity index (χ3n) is 5.29. The number of aryl methyl sites for hydroxylation is 2. The van der Waals surface area contributed by atoms with E-state index in [9.17, 15) is 13.2 Å². The van der Waals surface area contributed by atoms with Gasteiger partial charge in [0.15, 0.2) is 10.7 Å². The van der Waals surface area contributed by atoms with Crippen molar-refractivity contribution in [3.8, 4) is 0 Å². The quantitative estimate of drug-likeness (QED) is 0.582. The predicted molar refractivity (Wildman–Crippen MR) is 124 cm³/mol. The maximum Gasteiger partial charge on any atom is 0.248 e. The number of carbonyl (C=O) groups excluding carboxylic acids is 1. The number of nitrogens with zero attached hydrogens (tertiary/aromatic N) is 3. The van der Waals surface area contributed by atoms with Crippen molar-refractivity contribution in [2.75, 3.05) is 18.4 Å². The zero-order valence-corrected chi connectivity index (χ0v) is 19.4. The zero-order chi connectivity index (χ0) is 22.7. The number of piperidine rings is 1. The lowest BCUT2D eigenvalue weighted by Crippen LogP contribution is -2.44. The van der Waals surface area contributed by atoms with E-state index in [1.807, 2.05) is 30.5 Å². The molecule has 0 aromatic carbocycles. The van der Waals surface area contributed by atoms with Crippen LogP contribution in [0.2, 0.25) is 0 Å². The van der Waals surface area contributed by atoms with Gasteiger partial charge in [-0.05, 0) is 61.9 Å². The lowest BCUT2D eigenvalue weighted by Gasteiger charge is -2.31. The summed E-state index contributed by atoms with van der Waals surface area (Å²) >= 11 is 1.54. The first kappa shape index (κ1) is 22.4. The Labute approximate surface area is 191 Å².